The van der Waals surface area contributed by atoms with Gasteiger partial charge in [0.2, 0.25) is 0 Å². The van der Waals surface area contributed by atoms with E-state index < -0.39 is 5.41 Å². The number of aryl methyl sites for hydroxylation is 2. The first-order valence-corrected chi connectivity index (χ1v) is 22.2. The van der Waals surface area contributed by atoms with Gasteiger partial charge in [0, 0.05) is 17.1 Å². The lowest BCUT2D eigenvalue weighted by Gasteiger charge is -2.35. The van der Waals surface area contributed by atoms with E-state index in [1.807, 2.05) is 0 Å². The second-order valence-electron chi connectivity index (χ2n) is 17.1. The Morgan fingerprint density at radius 3 is 1.46 bits per heavy atom. The van der Waals surface area contributed by atoms with Gasteiger partial charge in [-0.15, -0.1) is 0 Å². The van der Waals surface area contributed by atoms with Crippen LogP contribution in [0.3, 0.4) is 0 Å². The fourth-order valence-electron chi connectivity index (χ4n) is 9.71. The topological polar surface area (TPSA) is 12.5 Å². The van der Waals surface area contributed by atoms with Crippen molar-refractivity contribution in [1.29, 1.82) is 0 Å². The van der Waals surface area contributed by atoms with Crippen molar-refractivity contribution in [2.24, 2.45) is 0 Å². The maximum absolute atomic E-state index is 6.50. The summed E-state index contributed by atoms with van der Waals surface area (Å²) in [5, 5.41) is 0. The first-order valence-electron chi connectivity index (χ1n) is 22.2. The molecule has 1 aliphatic rings. The van der Waals surface area contributed by atoms with Crippen LogP contribution >= 0.6 is 0 Å². The molecule has 9 aromatic carbocycles. The minimum absolute atomic E-state index is 0.518. The predicted molar refractivity (Wildman–Crippen MR) is 264 cm³/mol. The minimum atomic E-state index is -0.602. The third kappa shape index (κ3) is 7.42. The molecule has 0 aromatic heterocycles. The second kappa shape index (κ2) is 16.8. The molecule has 0 aliphatic heterocycles. The molecule has 306 valence electrons. The number of ether oxygens (including phenoxy) is 1. The van der Waals surface area contributed by atoms with Crippen LogP contribution in [-0.4, -0.2) is 0 Å². The highest BCUT2D eigenvalue weighted by atomic mass is 16.5. The summed E-state index contributed by atoms with van der Waals surface area (Å²) in [6.45, 7) is 8.93. The summed E-state index contributed by atoms with van der Waals surface area (Å²) in [6.07, 6.45) is 1.11. The Balaban J connectivity index is 1.14. The Labute approximate surface area is 372 Å². The van der Waals surface area contributed by atoms with Crippen LogP contribution in [0.2, 0.25) is 0 Å². The third-order valence-corrected chi connectivity index (χ3v) is 13.0. The zero-order chi connectivity index (χ0) is 42.9. The molecule has 2 unspecified atom stereocenters. The van der Waals surface area contributed by atoms with Crippen molar-refractivity contribution in [3.05, 3.63) is 257 Å². The molecule has 0 bridgehead atoms. The number of fused-ring (bicyclic) bond motifs is 3. The van der Waals surface area contributed by atoms with Crippen LogP contribution in [0.1, 0.15) is 65.1 Å². The summed E-state index contributed by atoms with van der Waals surface area (Å²) in [4.78, 5) is 2.41. The molecule has 0 heterocycles. The Kier molecular flexibility index (Phi) is 10.6. The Morgan fingerprint density at radius 1 is 0.429 bits per heavy atom. The summed E-state index contributed by atoms with van der Waals surface area (Å²) in [5.41, 5.74) is 18.8. The van der Waals surface area contributed by atoms with Crippen molar-refractivity contribution in [2.75, 3.05) is 4.90 Å². The lowest BCUT2D eigenvalue weighted by Crippen LogP contribution is -2.29. The molecule has 63 heavy (non-hydrogen) atoms. The largest absolute Gasteiger partial charge is 0.457 e. The van der Waals surface area contributed by atoms with Gasteiger partial charge in [-0.1, -0.05) is 183 Å². The molecule has 0 saturated carbocycles. The molecule has 0 N–H and O–H groups in total. The van der Waals surface area contributed by atoms with E-state index in [1.165, 1.54) is 72.3 Å². The van der Waals surface area contributed by atoms with Crippen LogP contribution in [0.15, 0.2) is 218 Å². The van der Waals surface area contributed by atoms with Crippen LogP contribution in [0, 0.1) is 13.8 Å². The van der Waals surface area contributed by atoms with E-state index in [-0.39, 0.29) is 0 Å². The lowest BCUT2D eigenvalue weighted by atomic mass is 9.67. The van der Waals surface area contributed by atoms with Gasteiger partial charge in [0.05, 0.1) is 5.41 Å². The van der Waals surface area contributed by atoms with Crippen molar-refractivity contribution in [1.82, 2.24) is 0 Å². The number of nitrogens with zero attached hydrogens (tertiary/aromatic N) is 1. The minimum Gasteiger partial charge on any atom is -0.457 e. The molecular weight excluding hydrogens is 763 g/mol. The number of anilines is 3. The van der Waals surface area contributed by atoms with Crippen molar-refractivity contribution in [2.45, 2.75) is 45.4 Å². The van der Waals surface area contributed by atoms with Gasteiger partial charge in [0.1, 0.15) is 11.5 Å². The van der Waals surface area contributed by atoms with Crippen LogP contribution in [0.5, 0.6) is 11.5 Å². The first kappa shape index (κ1) is 39.7. The molecule has 2 heteroatoms. The molecule has 0 saturated heterocycles. The predicted octanol–water partition coefficient (Wildman–Crippen LogP) is 16.8. The van der Waals surface area contributed by atoms with Crippen LogP contribution in [0.4, 0.5) is 17.1 Å². The van der Waals surface area contributed by atoms with E-state index in [9.17, 15) is 0 Å². The lowest BCUT2D eigenvalue weighted by molar-refractivity contribution is 0.481. The van der Waals surface area contributed by atoms with Gasteiger partial charge in [0.15, 0.2) is 0 Å². The van der Waals surface area contributed by atoms with E-state index in [0.29, 0.717) is 5.92 Å². The van der Waals surface area contributed by atoms with Crippen molar-refractivity contribution >= 4 is 17.1 Å². The summed E-state index contributed by atoms with van der Waals surface area (Å²) in [5.74, 6) is 2.17. The quantitative estimate of drug-likeness (QED) is 0.129. The number of rotatable bonds is 11. The molecule has 9 aromatic rings. The van der Waals surface area contributed by atoms with Gasteiger partial charge >= 0.3 is 0 Å². The third-order valence-electron chi connectivity index (χ3n) is 13.0. The Morgan fingerprint density at radius 2 is 0.905 bits per heavy atom. The zero-order valence-electron chi connectivity index (χ0n) is 36.4. The monoisotopic (exact) mass is 813 g/mol. The van der Waals surface area contributed by atoms with E-state index in [1.54, 1.807) is 0 Å². The van der Waals surface area contributed by atoms with Crippen molar-refractivity contribution in [3.63, 3.8) is 0 Å². The van der Waals surface area contributed by atoms with Crippen molar-refractivity contribution in [3.8, 4) is 44.9 Å². The maximum atomic E-state index is 6.50. The highest BCUT2D eigenvalue weighted by Crippen LogP contribution is 2.57. The van der Waals surface area contributed by atoms with Gasteiger partial charge < -0.3 is 9.64 Å². The molecule has 1 aliphatic carbocycles. The van der Waals surface area contributed by atoms with Crippen LogP contribution in [0.25, 0.3) is 33.4 Å². The molecule has 10 rings (SSSR count). The van der Waals surface area contributed by atoms with E-state index >= 15 is 0 Å². The van der Waals surface area contributed by atoms with Crippen LogP contribution in [-0.2, 0) is 5.41 Å². The van der Waals surface area contributed by atoms with E-state index in [4.69, 9.17) is 4.74 Å². The maximum Gasteiger partial charge on any atom is 0.127 e. The van der Waals surface area contributed by atoms with Crippen LogP contribution < -0.4 is 9.64 Å². The zero-order valence-corrected chi connectivity index (χ0v) is 36.4. The highest BCUT2D eigenvalue weighted by Gasteiger charge is 2.46. The fraction of sp³-hybridized carbons (Fsp3) is 0.115. The Hall–Kier alpha value is -7.42. The molecule has 0 spiro atoms. The Bertz CT molecular complexity index is 2900. The van der Waals surface area contributed by atoms with Gasteiger partial charge in [-0.2, -0.15) is 0 Å². The smallest absolute Gasteiger partial charge is 0.127 e. The number of hydrogen-bond acceptors (Lipinski definition) is 2. The van der Waals surface area contributed by atoms with Gasteiger partial charge in [-0.25, -0.2) is 0 Å². The second-order valence-corrected chi connectivity index (χ2v) is 17.1. The summed E-state index contributed by atoms with van der Waals surface area (Å²) < 4.78 is 6.50. The van der Waals surface area contributed by atoms with E-state index in [0.717, 1.165) is 35.0 Å². The average Bonchev–Trinajstić information content (AvgIpc) is 3.63. The summed E-state index contributed by atoms with van der Waals surface area (Å²) >= 11 is 0. The number of hydrogen-bond donors (Lipinski definition) is 0. The normalized spacial score (nSPS) is 14.4. The summed E-state index contributed by atoms with van der Waals surface area (Å²) in [7, 11) is 0. The van der Waals surface area contributed by atoms with Gasteiger partial charge in [-0.05, 0) is 148 Å². The van der Waals surface area contributed by atoms with E-state index in [2.05, 4.69) is 251 Å². The average molecular weight is 814 g/mol. The summed E-state index contributed by atoms with van der Waals surface area (Å²) in [6, 6.07) is 79.7. The molecule has 0 amide bonds. The standard InChI is InChI=1S/C61H51NO/c1-5-44(4)45-24-33-55(34-25-45)63-56-35-26-50(27-36-56)61(51-39-42(2)38-43(3)40-51)59-19-13-12-18-57(59)58-37-32-54(41-60(58)61)62(52-28-20-48(21-29-52)46-14-8-6-9-15-46)53-30-22-49(23-31-53)47-16-10-7-11-17-47/h6-41,44H,5H2,1-4H3. The van der Waals surface area contributed by atoms with Crippen molar-refractivity contribution < 1.29 is 4.74 Å². The molecule has 2 atom stereocenters. The molecule has 2 nitrogen and oxygen atoms in total. The fourth-order valence-corrected chi connectivity index (χ4v) is 9.71. The molecular formula is C61H51NO. The SMILES string of the molecule is CCC(C)c1ccc(Oc2ccc(C3(c4cc(C)cc(C)c4)c4ccccc4-c4ccc(N(c5ccc(-c6ccccc6)cc5)c5ccc(-c6ccccc6)cc5)cc43)cc2)cc1. The molecule has 0 fully saturated rings. The highest BCUT2D eigenvalue weighted by molar-refractivity contribution is 5.90. The van der Waals surface area contributed by atoms with Gasteiger partial charge in [0.25, 0.3) is 0 Å². The number of benzene rings is 9. The first-order chi connectivity index (χ1) is 30.9. The van der Waals surface area contributed by atoms with Gasteiger partial charge in [-0.3, -0.25) is 0 Å². The molecule has 0 radical (unpaired) electrons.